The lowest BCUT2D eigenvalue weighted by molar-refractivity contribution is 0.453. The van der Waals surface area contributed by atoms with Gasteiger partial charge in [-0.05, 0) is 37.8 Å². The van der Waals surface area contributed by atoms with Gasteiger partial charge in [0.15, 0.2) is 11.2 Å². The molecule has 1 unspecified atom stereocenters. The fraction of sp³-hybridized carbons (Fsp3) is 0.538. The number of pyridine rings is 1. The maximum absolute atomic E-state index is 11.7. The number of aromatic nitrogens is 2. The fourth-order valence-corrected chi connectivity index (χ4v) is 2.26. The quantitative estimate of drug-likeness (QED) is 0.867. The number of nitrogens with one attached hydrogen (secondary N) is 1. The second-order valence-electron chi connectivity index (χ2n) is 4.92. The van der Waals surface area contributed by atoms with E-state index in [1.54, 1.807) is 22.9 Å². The van der Waals surface area contributed by atoms with E-state index in [2.05, 4.69) is 17.2 Å². The minimum absolute atomic E-state index is 0.329. The third-order valence-electron chi connectivity index (χ3n) is 3.56. The second-order valence-corrected chi connectivity index (χ2v) is 4.92. The zero-order valence-corrected chi connectivity index (χ0v) is 10.4. The Labute approximate surface area is 105 Å². The first-order valence-electron chi connectivity index (χ1n) is 6.43. The van der Waals surface area contributed by atoms with E-state index in [9.17, 15) is 4.79 Å². The molecule has 1 N–H and O–H groups in total. The Bertz CT molecular complexity index is 598. The Morgan fingerprint density at radius 2 is 2.44 bits per heavy atom. The minimum Gasteiger partial charge on any atom is -0.406 e. The van der Waals surface area contributed by atoms with Crippen LogP contribution in [0.3, 0.4) is 0 Å². The molecule has 2 aromatic heterocycles. The van der Waals surface area contributed by atoms with E-state index < -0.39 is 0 Å². The van der Waals surface area contributed by atoms with Crippen LogP contribution < -0.4 is 11.1 Å². The van der Waals surface area contributed by atoms with Crippen molar-refractivity contribution < 1.29 is 4.42 Å². The van der Waals surface area contributed by atoms with Crippen molar-refractivity contribution in [3.05, 3.63) is 28.9 Å². The number of hydrogen-bond donors (Lipinski definition) is 1. The molecule has 2 aromatic rings. The van der Waals surface area contributed by atoms with Crippen molar-refractivity contribution in [2.75, 3.05) is 6.54 Å². The topological polar surface area (TPSA) is 60.1 Å². The third kappa shape index (κ3) is 2.18. The fourth-order valence-electron chi connectivity index (χ4n) is 2.26. The minimum atomic E-state index is -0.329. The second kappa shape index (κ2) is 4.57. The highest BCUT2D eigenvalue weighted by molar-refractivity contribution is 5.67. The molecule has 18 heavy (non-hydrogen) atoms. The summed E-state index contributed by atoms with van der Waals surface area (Å²) in [6, 6.07) is 4.07. The van der Waals surface area contributed by atoms with Crippen LogP contribution in [0.2, 0.25) is 0 Å². The average molecular weight is 247 g/mol. The molecule has 2 heterocycles. The molecule has 3 rings (SSSR count). The highest BCUT2D eigenvalue weighted by Gasteiger charge is 2.27. The Balaban J connectivity index is 1.70. The van der Waals surface area contributed by atoms with Crippen molar-refractivity contribution in [2.45, 2.75) is 32.4 Å². The van der Waals surface area contributed by atoms with Crippen molar-refractivity contribution in [3.63, 3.8) is 0 Å². The van der Waals surface area contributed by atoms with Crippen LogP contribution in [0.15, 0.2) is 27.5 Å². The molecule has 1 saturated carbocycles. The summed E-state index contributed by atoms with van der Waals surface area (Å²) < 4.78 is 6.72. The molecule has 1 aliphatic rings. The van der Waals surface area contributed by atoms with Gasteiger partial charge in [0.1, 0.15) is 0 Å². The van der Waals surface area contributed by atoms with Crippen molar-refractivity contribution in [2.24, 2.45) is 5.92 Å². The van der Waals surface area contributed by atoms with Crippen LogP contribution in [0.25, 0.3) is 11.2 Å². The summed E-state index contributed by atoms with van der Waals surface area (Å²) in [6.07, 6.45) is 4.32. The molecular weight excluding hydrogens is 230 g/mol. The molecule has 0 amide bonds. The molecular formula is C13H17N3O2. The van der Waals surface area contributed by atoms with E-state index in [1.165, 1.54) is 12.8 Å². The summed E-state index contributed by atoms with van der Waals surface area (Å²) in [7, 11) is 0. The van der Waals surface area contributed by atoms with Crippen LogP contribution in [0.4, 0.5) is 0 Å². The lowest BCUT2D eigenvalue weighted by Crippen LogP contribution is -2.32. The van der Waals surface area contributed by atoms with E-state index in [4.69, 9.17) is 4.42 Å². The lowest BCUT2D eigenvalue weighted by Gasteiger charge is -2.12. The maximum atomic E-state index is 11.7. The number of nitrogens with zero attached hydrogens (tertiary/aromatic N) is 2. The van der Waals surface area contributed by atoms with Crippen molar-refractivity contribution >= 4 is 11.2 Å². The van der Waals surface area contributed by atoms with Crippen LogP contribution in [-0.2, 0) is 6.54 Å². The average Bonchev–Trinajstić information content (AvgIpc) is 3.15. The summed E-state index contributed by atoms with van der Waals surface area (Å²) in [6.45, 7) is 3.56. The predicted octanol–water partition coefficient (Wildman–Crippen LogP) is 1.38. The highest BCUT2D eigenvalue weighted by atomic mass is 16.4. The molecule has 1 atom stereocenters. The first kappa shape index (κ1) is 11.5. The van der Waals surface area contributed by atoms with Crippen molar-refractivity contribution in [3.8, 4) is 0 Å². The van der Waals surface area contributed by atoms with E-state index in [0.29, 0.717) is 23.8 Å². The van der Waals surface area contributed by atoms with Crippen molar-refractivity contribution in [1.82, 2.24) is 14.9 Å². The van der Waals surface area contributed by atoms with Gasteiger partial charge >= 0.3 is 5.76 Å². The lowest BCUT2D eigenvalue weighted by atomic mass is 10.2. The van der Waals surface area contributed by atoms with Gasteiger partial charge in [-0.25, -0.2) is 9.78 Å². The zero-order valence-electron chi connectivity index (χ0n) is 10.4. The standard InChI is InChI=1S/C13H17N3O2/c1-9(10-4-5-10)14-7-8-16-12-11(18-13(16)17)3-2-6-15-12/h2-3,6,9-10,14H,4-5,7-8H2,1H3. The van der Waals surface area contributed by atoms with Gasteiger partial charge in [0.25, 0.3) is 0 Å². The Morgan fingerprint density at radius 3 is 3.22 bits per heavy atom. The summed E-state index contributed by atoms with van der Waals surface area (Å²) in [5, 5.41) is 3.45. The van der Waals surface area contributed by atoms with Crippen LogP contribution in [0.5, 0.6) is 0 Å². The Morgan fingerprint density at radius 1 is 1.61 bits per heavy atom. The maximum Gasteiger partial charge on any atom is 0.421 e. The van der Waals surface area contributed by atoms with Gasteiger partial charge in [0.2, 0.25) is 0 Å². The van der Waals surface area contributed by atoms with Gasteiger partial charge < -0.3 is 9.73 Å². The van der Waals surface area contributed by atoms with Crippen LogP contribution >= 0.6 is 0 Å². The summed E-state index contributed by atoms with van der Waals surface area (Å²) >= 11 is 0. The van der Waals surface area contributed by atoms with E-state index in [1.807, 2.05) is 0 Å². The first-order chi connectivity index (χ1) is 8.75. The zero-order chi connectivity index (χ0) is 12.5. The number of rotatable bonds is 5. The Hall–Kier alpha value is -1.62. The first-order valence-corrected chi connectivity index (χ1v) is 6.43. The molecule has 5 heteroatoms. The number of oxazole rings is 1. The predicted molar refractivity (Wildman–Crippen MR) is 68.5 cm³/mol. The molecule has 0 spiro atoms. The molecule has 96 valence electrons. The van der Waals surface area contributed by atoms with Crippen LogP contribution in [0, 0.1) is 5.92 Å². The van der Waals surface area contributed by atoms with E-state index in [0.717, 1.165) is 12.5 Å². The van der Waals surface area contributed by atoms with Crippen LogP contribution in [-0.4, -0.2) is 22.1 Å². The van der Waals surface area contributed by atoms with Gasteiger partial charge in [-0.3, -0.25) is 4.57 Å². The third-order valence-corrected chi connectivity index (χ3v) is 3.56. The van der Waals surface area contributed by atoms with E-state index >= 15 is 0 Å². The summed E-state index contributed by atoms with van der Waals surface area (Å²) in [5.74, 6) is 0.491. The molecule has 0 bridgehead atoms. The molecule has 1 aliphatic carbocycles. The molecule has 5 nitrogen and oxygen atoms in total. The SMILES string of the molecule is CC(NCCn1c(=O)oc2cccnc21)C1CC1. The molecule has 0 aliphatic heterocycles. The summed E-state index contributed by atoms with van der Waals surface area (Å²) in [4.78, 5) is 15.9. The molecule has 1 fully saturated rings. The van der Waals surface area contributed by atoms with Gasteiger partial charge in [0.05, 0.1) is 0 Å². The van der Waals surface area contributed by atoms with Gasteiger partial charge in [-0.1, -0.05) is 0 Å². The van der Waals surface area contributed by atoms with E-state index in [-0.39, 0.29) is 5.76 Å². The van der Waals surface area contributed by atoms with Gasteiger partial charge in [-0.2, -0.15) is 0 Å². The van der Waals surface area contributed by atoms with Gasteiger partial charge in [-0.15, -0.1) is 0 Å². The van der Waals surface area contributed by atoms with Crippen molar-refractivity contribution in [1.29, 1.82) is 0 Å². The molecule has 0 aromatic carbocycles. The van der Waals surface area contributed by atoms with Gasteiger partial charge in [0, 0.05) is 25.3 Å². The number of fused-ring (bicyclic) bond motifs is 1. The van der Waals surface area contributed by atoms with Crippen LogP contribution in [0.1, 0.15) is 19.8 Å². The highest BCUT2D eigenvalue weighted by Crippen LogP contribution is 2.32. The molecule has 0 radical (unpaired) electrons. The normalized spacial score (nSPS) is 17.2. The monoisotopic (exact) mass is 247 g/mol. The molecule has 0 saturated heterocycles. The largest absolute Gasteiger partial charge is 0.421 e. The number of hydrogen-bond acceptors (Lipinski definition) is 4. The smallest absolute Gasteiger partial charge is 0.406 e. The summed E-state index contributed by atoms with van der Waals surface area (Å²) in [5.41, 5.74) is 1.18. The Kier molecular flexibility index (Phi) is 2.91.